The summed E-state index contributed by atoms with van der Waals surface area (Å²) in [5, 5.41) is 0. The Hall–Kier alpha value is -0.880. The maximum Gasteiger partial charge on any atom is 0.419 e. The lowest BCUT2D eigenvalue weighted by Gasteiger charge is -2.18. The van der Waals surface area contributed by atoms with Gasteiger partial charge in [-0.3, -0.25) is 4.79 Å². The molecule has 0 aromatic heterocycles. The summed E-state index contributed by atoms with van der Waals surface area (Å²) in [6.07, 6.45) is -5.93. The summed E-state index contributed by atoms with van der Waals surface area (Å²) in [7, 11) is 0. The standard InChI is InChI=1S/C7H5F3O3/c8-7(9,10)4-1-3-2-12-6(13-3)5(4)11/h1,3,6H,2H2/t3-,6+/m0/s1. The molecule has 6 heteroatoms. The van der Waals surface area contributed by atoms with Crippen LogP contribution in [-0.4, -0.2) is 31.0 Å². The van der Waals surface area contributed by atoms with E-state index in [1.807, 2.05) is 0 Å². The highest BCUT2D eigenvalue weighted by molar-refractivity contribution is 6.00. The van der Waals surface area contributed by atoms with Crippen molar-refractivity contribution in [3.05, 3.63) is 11.6 Å². The molecule has 0 aromatic rings. The van der Waals surface area contributed by atoms with Crippen molar-refractivity contribution in [3.8, 4) is 0 Å². The molecule has 0 unspecified atom stereocenters. The van der Waals surface area contributed by atoms with Gasteiger partial charge in [0.25, 0.3) is 0 Å². The lowest BCUT2D eigenvalue weighted by atomic mass is 10.1. The first-order chi connectivity index (χ1) is 5.98. The van der Waals surface area contributed by atoms with Gasteiger partial charge in [-0.2, -0.15) is 13.2 Å². The minimum Gasteiger partial charge on any atom is -0.343 e. The van der Waals surface area contributed by atoms with Gasteiger partial charge < -0.3 is 9.47 Å². The number of carbonyl (C=O) groups excluding carboxylic acids is 1. The van der Waals surface area contributed by atoms with E-state index in [0.29, 0.717) is 0 Å². The van der Waals surface area contributed by atoms with Crippen LogP contribution < -0.4 is 0 Å². The Balaban J connectivity index is 2.34. The molecular formula is C7H5F3O3. The molecule has 0 aromatic carbocycles. The van der Waals surface area contributed by atoms with Gasteiger partial charge in [0.1, 0.15) is 11.7 Å². The van der Waals surface area contributed by atoms with E-state index >= 15 is 0 Å². The highest BCUT2D eigenvalue weighted by atomic mass is 19.4. The molecule has 0 amide bonds. The Morgan fingerprint density at radius 3 is 2.77 bits per heavy atom. The average Bonchev–Trinajstić information content (AvgIpc) is 2.39. The van der Waals surface area contributed by atoms with Crippen molar-refractivity contribution in [3.63, 3.8) is 0 Å². The molecule has 3 nitrogen and oxygen atoms in total. The lowest BCUT2D eigenvalue weighted by Crippen LogP contribution is -2.34. The zero-order chi connectivity index (χ0) is 9.64. The monoisotopic (exact) mass is 194 g/mol. The molecule has 0 aliphatic carbocycles. The molecule has 2 bridgehead atoms. The van der Waals surface area contributed by atoms with E-state index in [1.54, 1.807) is 0 Å². The fourth-order valence-electron chi connectivity index (χ4n) is 1.27. The van der Waals surface area contributed by atoms with Crippen LogP contribution in [0.4, 0.5) is 13.2 Å². The van der Waals surface area contributed by atoms with E-state index in [4.69, 9.17) is 9.47 Å². The van der Waals surface area contributed by atoms with Gasteiger partial charge in [0.15, 0.2) is 0 Å². The first-order valence-electron chi connectivity index (χ1n) is 3.59. The number of carbonyl (C=O) groups is 1. The molecule has 2 rings (SSSR count). The van der Waals surface area contributed by atoms with Gasteiger partial charge in [-0.1, -0.05) is 0 Å². The fourth-order valence-corrected chi connectivity index (χ4v) is 1.27. The van der Waals surface area contributed by atoms with Crippen LogP contribution in [0, 0.1) is 0 Å². The minimum absolute atomic E-state index is 0.00991. The van der Waals surface area contributed by atoms with Gasteiger partial charge >= 0.3 is 6.18 Å². The molecule has 2 aliphatic rings. The number of ketones is 1. The highest BCUT2D eigenvalue weighted by Crippen LogP contribution is 2.33. The number of rotatable bonds is 0. The van der Waals surface area contributed by atoms with Crippen molar-refractivity contribution in [1.82, 2.24) is 0 Å². The Morgan fingerprint density at radius 2 is 2.15 bits per heavy atom. The van der Waals surface area contributed by atoms with Gasteiger partial charge in [0.2, 0.25) is 12.1 Å². The van der Waals surface area contributed by atoms with Gasteiger partial charge in [0.05, 0.1) is 6.61 Å². The summed E-state index contributed by atoms with van der Waals surface area (Å²) < 4.78 is 46.0. The van der Waals surface area contributed by atoms with E-state index in [9.17, 15) is 18.0 Å². The zero-order valence-corrected chi connectivity index (χ0v) is 6.30. The maximum absolute atomic E-state index is 12.2. The number of hydrogen-bond donors (Lipinski definition) is 0. The summed E-state index contributed by atoms with van der Waals surface area (Å²) in [4.78, 5) is 11.0. The first-order valence-corrected chi connectivity index (χ1v) is 3.59. The Bertz CT molecular complexity index is 281. The summed E-state index contributed by atoms with van der Waals surface area (Å²) in [6.45, 7) is 0.00991. The number of halogens is 3. The maximum atomic E-state index is 12.2. The Morgan fingerprint density at radius 1 is 1.46 bits per heavy atom. The smallest absolute Gasteiger partial charge is 0.343 e. The average molecular weight is 194 g/mol. The topological polar surface area (TPSA) is 35.5 Å². The van der Waals surface area contributed by atoms with Crippen LogP contribution in [0.5, 0.6) is 0 Å². The molecule has 2 atom stereocenters. The second-order valence-corrected chi connectivity index (χ2v) is 2.78. The number of hydrogen-bond acceptors (Lipinski definition) is 3. The third-order valence-corrected chi connectivity index (χ3v) is 1.85. The van der Waals surface area contributed by atoms with Crippen LogP contribution >= 0.6 is 0 Å². The van der Waals surface area contributed by atoms with Crippen LogP contribution in [0.25, 0.3) is 0 Å². The van der Waals surface area contributed by atoms with E-state index < -0.39 is 29.9 Å². The molecule has 13 heavy (non-hydrogen) atoms. The molecular weight excluding hydrogens is 189 g/mol. The molecule has 1 fully saturated rings. The van der Waals surface area contributed by atoms with Gasteiger partial charge in [0, 0.05) is 0 Å². The summed E-state index contributed by atoms with van der Waals surface area (Å²) >= 11 is 0. The van der Waals surface area contributed by atoms with Gasteiger partial charge in [-0.15, -0.1) is 0 Å². The van der Waals surface area contributed by atoms with E-state index in [1.165, 1.54) is 0 Å². The van der Waals surface area contributed by atoms with E-state index in [-0.39, 0.29) is 6.61 Å². The predicted octanol–water partition coefficient (Wildman–Crippen LogP) is 0.799. The summed E-state index contributed by atoms with van der Waals surface area (Å²) in [6, 6.07) is 0. The second-order valence-electron chi connectivity index (χ2n) is 2.78. The van der Waals surface area contributed by atoms with Gasteiger partial charge in [-0.05, 0) is 6.08 Å². The number of alkyl halides is 3. The second kappa shape index (κ2) is 2.55. The lowest BCUT2D eigenvalue weighted by molar-refractivity contribution is -0.155. The van der Waals surface area contributed by atoms with Crippen molar-refractivity contribution in [1.29, 1.82) is 0 Å². The fraction of sp³-hybridized carbons (Fsp3) is 0.571. The number of Topliss-reactive ketones (excluding diaryl/α,β-unsaturated/α-hetero) is 1. The van der Waals surface area contributed by atoms with Crippen molar-refractivity contribution in [2.75, 3.05) is 6.61 Å². The highest BCUT2D eigenvalue weighted by Gasteiger charge is 2.48. The number of ether oxygens (including phenoxy) is 2. The predicted molar refractivity (Wildman–Crippen MR) is 33.8 cm³/mol. The number of fused-ring (bicyclic) bond motifs is 2. The first kappa shape index (κ1) is 8.71. The molecule has 0 N–H and O–H groups in total. The molecule has 0 saturated carbocycles. The molecule has 0 spiro atoms. The van der Waals surface area contributed by atoms with Crippen LogP contribution in [0.2, 0.25) is 0 Å². The van der Waals surface area contributed by atoms with Crippen LogP contribution in [0.15, 0.2) is 11.6 Å². The molecule has 2 aliphatic heterocycles. The zero-order valence-electron chi connectivity index (χ0n) is 6.30. The van der Waals surface area contributed by atoms with Crippen molar-refractivity contribution >= 4 is 5.78 Å². The Labute approximate surface area is 71.1 Å². The minimum atomic E-state index is -4.61. The summed E-state index contributed by atoms with van der Waals surface area (Å²) in [5.41, 5.74) is -1.16. The summed E-state index contributed by atoms with van der Waals surface area (Å²) in [5.74, 6) is -1.14. The SMILES string of the molecule is O=C1C(C(F)(F)F)=C[C@H]2CO[C@@H]1O2. The van der Waals surface area contributed by atoms with Crippen LogP contribution in [0.3, 0.4) is 0 Å². The van der Waals surface area contributed by atoms with Gasteiger partial charge in [-0.25, -0.2) is 0 Å². The van der Waals surface area contributed by atoms with Crippen molar-refractivity contribution in [2.45, 2.75) is 18.6 Å². The molecule has 2 heterocycles. The molecule has 1 saturated heterocycles. The van der Waals surface area contributed by atoms with Crippen LogP contribution in [-0.2, 0) is 14.3 Å². The normalized spacial score (nSPS) is 33.5. The van der Waals surface area contributed by atoms with Crippen molar-refractivity contribution in [2.24, 2.45) is 0 Å². The molecule has 0 radical (unpaired) electrons. The van der Waals surface area contributed by atoms with E-state index in [0.717, 1.165) is 6.08 Å². The third kappa shape index (κ3) is 1.36. The third-order valence-electron chi connectivity index (χ3n) is 1.85. The Kier molecular flexibility index (Phi) is 1.71. The van der Waals surface area contributed by atoms with Crippen LogP contribution in [0.1, 0.15) is 0 Å². The molecule has 72 valence electrons. The quantitative estimate of drug-likeness (QED) is 0.572. The van der Waals surface area contributed by atoms with Crippen molar-refractivity contribution < 1.29 is 27.4 Å². The van der Waals surface area contributed by atoms with E-state index in [2.05, 4.69) is 0 Å². The largest absolute Gasteiger partial charge is 0.419 e.